The minimum atomic E-state index is -1.49. The molecule has 3 aromatic carbocycles. The maximum absolute atomic E-state index is 13.8. The van der Waals surface area contributed by atoms with Gasteiger partial charge < -0.3 is 10.2 Å². The second kappa shape index (κ2) is 5.62. The van der Waals surface area contributed by atoms with E-state index in [9.17, 15) is 14.6 Å². The molecule has 110 valence electrons. The minimum Gasteiger partial charge on any atom is -0.505 e. The molecule has 0 aliphatic carbocycles. The van der Waals surface area contributed by atoms with Gasteiger partial charge in [-0.1, -0.05) is 66.7 Å². The third-order valence-electron chi connectivity index (χ3n) is 3.75. The van der Waals surface area contributed by atoms with Crippen LogP contribution in [0.15, 0.2) is 78.9 Å². The third-order valence-corrected chi connectivity index (χ3v) is 3.75. The summed E-state index contributed by atoms with van der Waals surface area (Å²) >= 11 is 0. The number of hydrogen-bond acceptors (Lipinski definition) is 2. The Morgan fingerprint density at radius 3 is 1.64 bits per heavy atom. The molecule has 3 rings (SSSR count). The molecule has 0 aromatic heterocycles. The van der Waals surface area contributed by atoms with E-state index in [4.69, 9.17) is 0 Å². The van der Waals surface area contributed by atoms with E-state index >= 15 is 0 Å². The van der Waals surface area contributed by atoms with Crippen molar-refractivity contribution in [1.29, 1.82) is 0 Å². The van der Waals surface area contributed by atoms with Crippen LogP contribution in [0, 0.1) is 5.82 Å². The van der Waals surface area contributed by atoms with Gasteiger partial charge in [-0.25, -0.2) is 4.39 Å². The summed E-state index contributed by atoms with van der Waals surface area (Å²) in [6.07, 6.45) is 0. The van der Waals surface area contributed by atoms with Crippen molar-refractivity contribution in [1.82, 2.24) is 0 Å². The smallest absolute Gasteiger partial charge is 0.165 e. The van der Waals surface area contributed by atoms with Crippen molar-refractivity contribution in [3.05, 3.63) is 101 Å². The third kappa shape index (κ3) is 2.36. The van der Waals surface area contributed by atoms with Crippen molar-refractivity contribution in [3.8, 4) is 5.75 Å². The van der Waals surface area contributed by atoms with Crippen molar-refractivity contribution >= 4 is 0 Å². The molecule has 3 aromatic rings. The van der Waals surface area contributed by atoms with Gasteiger partial charge in [-0.05, 0) is 28.8 Å². The number of aromatic hydroxyl groups is 1. The van der Waals surface area contributed by atoms with Gasteiger partial charge in [0.05, 0.1) is 0 Å². The van der Waals surface area contributed by atoms with Gasteiger partial charge in [0, 0.05) is 0 Å². The maximum Gasteiger partial charge on any atom is 0.165 e. The number of aliphatic hydroxyl groups is 1. The van der Waals surface area contributed by atoms with Crippen molar-refractivity contribution in [3.63, 3.8) is 0 Å². The fourth-order valence-electron chi connectivity index (χ4n) is 2.59. The van der Waals surface area contributed by atoms with Gasteiger partial charge >= 0.3 is 0 Å². The largest absolute Gasteiger partial charge is 0.505 e. The van der Waals surface area contributed by atoms with E-state index in [1.54, 1.807) is 24.3 Å². The van der Waals surface area contributed by atoms with Crippen LogP contribution in [0.25, 0.3) is 0 Å². The molecule has 0 bridgehead atoms. The van der Waals surface area contributed by atoms with Crippen LogP contribution >= 0.6 is 0 Å². The first kappa shape index (κ1) is 14.3. The molecule has 0 atom stereocenters. The molecule has 22 heavy (non-hydrogen) atoms. The average molecular weight is 294 g/mol. The molecular formula is C19H15FO2. The lowest BCUT2D eigenvalue weighted by Crippen LogP contribution is -2.28. The van der Waals surface area contributed by atoms with Crippen LogP contribution in [0.2, 0.25) is 0 Å². The summed E-state index contributed by atoms with van der Waals surface area (Å²) in [7, 11) is 0. The Hall–Kier alpha value is -2.65. The highest BCUT2D eigenvalue weighted by Gasteiger charge is 2.34. The lowest BCUT2D eigenvalue weighted by atomic mass is 9.80. The molecule has 0 spiro atoms. The zero-order valence-electron chi connectivity index (χ0n) is 11.8. The van der Waals surface area contributed by atoms with E-state index in [-0.39, 0.29) is 0 Å². The average Bonchev–Trinajstić information content (AvgIpc) is 2.58. The zero-order valence-corrected chi connectivity index (χ0v) is 11.8. The van der Waals surface area contributed by atoms with Gasteiger partial charge in [-0.2, -0.15) is 0 Å². The molecule has 0 fully saturated rings. The van der Waals surface area contributed by atoms with Crippen molar-refractivity contribution < 1.29 is 14.6 Å². The highest BCUT2D eigenvalue weighted by Crippen LogP contribution is 2.37. The van der Waals surface area contributed by atoms with Gasteiger partial charge in [0.1, 0.15) is 5.60 Å². The van der Waals surface area contributed by atoms with E-state index < -0.39 is 17.2 Å². The van der Waals surface area contributed by atoms with Crippen LogP contribution in [0.1, 0.15) is 16.7 Å². The van der Waals surface area contributed by atoms with E-state index in [2.05, 4.69) is 0 Å². The SMILES string of the molecule is Oc1ccc(C(O)(c2ccccc2)c2ccccc2)cc1F. The fourth-order valence-corrected chi connectivity index (χ4v) is 2.59. The first-order chi connectivity index (χ1) is 10.6. The van der Waals surface area contributed by atoms with Gasteiger partial charge in [0.15, 0.2) is 11.6 Å². The van der Waals surface area contributed by atoms with Crippen molar-refractivity contribution in [2.45, 2.75) is 5.60 Å². The quantitative estimate of drug-likeness (QED) is 0.721. The van der Waals surface area contributed by atoms with Crippen LogP contribution < -0.4 is 0 Å². The molecule has 0 aliphatic rings. The zero-order chi connectivity index (χ0) is 15.6. The summed E-state index contributed by atoms with van der Waals surface area (Å²) in [4.78, 5) is 0. The Labute approximate surface area is 128 Å². The molecule has 0 aliphatic heterocycles. The van der Waals surface area contributed by atoms with Crippen molar-refractivity contribution in [2.24, 2.45) is 0 Å². The topological polar surface area (TPSA) is 40.5 Å². The second-order valence-electron chi connectivity index (χ2n) is 5.11. The second-order valence-corrected chi connectivity index (χ2v) is 5.11. The Bertz CT molecular complexity index is 730. The van der Waals surface area contributed by atoms with Gasteiger partial charge in [0.2, 0.25) is 0 Å². The number of phenolic OH excluding ortho intramolecular Hbond substituents is 1. The summed E-state index contributed by atoms with van der Waals surface area (Å²) in [6.45, 7) is 0. The summed E-state index contributed by atoms with van der Waals surface area (Å²) < 4.78 is 13.8. The predicted molar refractivity (Wildman–Crippen MR) is 83.0 cm³/mol. The van der Waals surface area contributed by atoms with Gasteiger partial charge in [0.25, 0.3) is 0 Å². The monoisotopic (exact) mass is 294 g/mol. The van der Waals surface area contributed by atoms with E-state index in [1.165, 1.54) is 12.1 Å². The van der Waals surface area contributed by atoms with Crippen molar-refractivity contribution in [2.75, 3.05) is 0 Å². The number of halogens is 1. The van der Waals surface area contributed by atoms with Gasteiger partial charge in [-0.15, -0.1) is 0 Å². The standard InChI is InChI=1S/C19H15FO2/c20-17-13-16(11-12-18(17)21)19(22,14-7-3-1-4-8-14)15-9-5-2-6-10-15/h1-13,21-22H. The maximum atomic E-state index is 13.8. The molecule has 0 heterocycles. The molecule has 0 unspecified atom stereocenters. The first-order valence-corrected chi connectivity index (χ1v) is 6.95. The van der Waals surface area contributed by atoms with Crippen LogP contribution in [0.5, 0.6) is 5.75 Å². The summed E-state index contributed by atoms with van der Waals surface area (Å²) in [5.41, 5.74) is 0.134. The van der Waals surface area contributed by atoms with E-state index in [1.807, 2.05) is 36.4 Å². The predicted octanol–water partition coefficient (Wildman–Crippen LogP) is 3.82. The molecular weight excluding hydrogens is 279 g/mol. The Morgan fingerprint density at radius 1 is 0.682 bits per heavy atom. The number of rotatable bonds is 3. The molecule has 3 heteroatoms. The van der Waals surface area contributed by atoms with Crippen LogP contribution in [-0.4, -0.2) is 10.2 Å². The lowest BCUT2D eigenvalue weighted by molar-refractivity contribution is 0.125. The highest BCUT2D eigenvalue weighted by molar-refractivity contribution is 5.48. The van der Waals surface area contributed by atoms with Crippen LogP contribution in [0.3, 0.4) is 0 Å². The lowest BCUT2D eigenvalue weighted by Gasteiger charge is -2.30. The number of phenols is 1. The normalized spacial score (nSPS) is 11.4. The van der Waals surface area contributed by atoms with Crippen LogP contribution in [-0.2, 0) is 5.60 Å². The Morgan fingerprint density at radius 2 is 1.18 bits per heavy atom. The molecule has 2 N–H and O–H groups in total. The molecule has 2 nitrogen and oxygen atoms in total. The molecule has 0 saturated heterocycles. The van der Waals surface area contributed by atoms with E-state index in [0.29, 0.717) is 16.7 Å². The highest BCUT2D eigenvalue weighted by atomic mass is 19.1. The Kier molecular flexibility index (Phi) is 3.65. The Balaban J connectivity index is 2.26. The first-order valence-electron chi connectivity index (χ1n) is 6.95. The van der Waals surface area contributed by atoms with E-state index in [0.717, 1.165) is 6.07 Å². The summed E-state index contributed by atoms with van der Waals surface area (Å²) in [5.74, 6) is -1.20. The molecule has 0 amide bonds. The van der Waals surface area contributed by atoms with Crippen LogP contribution in [0.4, 0.5) is 4.39 Å². The summed E-state index contributed by atoms with van der Waals surface area (Å²) in [6, 6.07) is 22.1. The number of benzene rings is 3. The molecule has 0 saturated carbocycles. The van der Waals surface area contributed by atoms with Gasteiger partial charge in [-0.3, -0.25) is 0 Å². The number of hydrogen-bond donors (Lipinski definition) is 2. The summed E-state index contributed by atoms with van der Waals surface area (Å²) in [5, 5.41) is 20.8. The minimum absolute atomic E-state index is 0.361. The molecule has 0 radical (unpaired) electrons. The fraction of sp³-hybridized carbons (Fsp3) is 0.0526.